The molecular weight excluding hydrogens is 268 g/mol. The Kier molecular flexibility index (Phi) is 3.13. The molecule has 108 valence electrons. The van der Waals surface area contributed by atoms with E-state index < -0.39 is 11.9 Å². The topological polar surface area (TPSA) is 94.3 Å². The van der Waals surface area contributed by atoms with Crippen molar-refractivity contribution >= 4 is 11.9 Å². The number of nitrogens with zero attached hydrogens (tertiary/aromatic N) is 2. The molecule has 0 fully saturated rings. The molecule has 0 saturated heterocycles. The molecule has 0 saturated carbocycles. The summed E-state index contributed by atoms with van der Waals surface area (Å²) < 4.78 is 1.97. The lowest BCUT2D eigenvalue weighted by atomic mass is 10.0. The van der Waals surface area contributed by atoms with Crippen LogP contribution in [0.5, 0.6) is 0 Å². The maximum Gasteiger partial charge on any atom is 0.315 e. The molecule has 1 aliphatic rings. The number of urea groups is 1. The minimum Gasteiger partial charge on any atom is -0.366 e. The van der Waals surface area contributed by atoms with Crippen LogP contribution in [0.15, 0.2) is 36.5 Å². The third-order valence-electron chi connectivity index (χ3n) is 3.78. The highest BCUT2D eigenvalue weighted by atomic mass is 16.2. The second kappa shape index (κ2) is 4.97. The van der Waals surface area contributed by atoms with Gasteiger partial charge in [0.15, 0.2) is 0 Å². The Bertz CT molecular complexity index is 706. The molecule has 0 bridgehead atoms. The number of nitrogens with two attached hydrogens (primary N) is 2. The first-order chi connectivity index (χ1) is 10.1. The number of primary amides is 2. The van der Waals surface area contributed by atoms with Crippen LogP contribution in [-0.2, 0) is 13.1 Å². The van der Waals surface area contributed by atoms with Crippen molar-refractivity contribution in [3.05, 3.63) is 47.8 Å². The molecule has 2 aromatic rings. The van der Waals surface area contributed by atoms with Gasteiger partial charge >= 0.3 is 6.03 Å². The molecule has 1 aromatic heterocycles. The van der Waals surface area contributed by atoms with Gasteiger partial charge < -0.3 is 20.9 Å². The summed E-state index contributed by atoms with van der Waals surface area (Å²) in [7, 11) is 0. The number of carbonyl (C=O) groups is 2. The van der Waals surface area contributed by atoms with Crippen molar-refractivity contribution in [2.45, 2.75) is 13.1 Å². The van der Waals surface area contributed by atoms with Crippen molar-refractivity contribution in [3.8, 4) is 11.1 Å². The van der Waals surface area contributed by atoms with Crippen molar-refractivity contribution in [1.29, 1.82) is 0 Å². The van der Waals surface area contributed by atoms with E-state index in [0.29, 0.717) is 25.2 Å². The number of hydrogen-bond donors (Lipinski definition) is 2. The minimum atomic E-state index is -0.492. The van der Waals surface area contributed by atoms with E-state index in [9.17, 15) is 9.59 Å². The van der Waals surface area contributed by atoms with Gasteiger partial charge in [0.1, 0.15) is 0 Å². The highest BCUT2D eigenvalue weighted by molar-refractivity contribution is 6.01. The lowest BCUT2D eigenvalue weighted by Crippen LogP contribution is -2.41. The van der Waals surface area contributed by atoms with Gasteiger partial charge in [-0.3, -0.25) is 4.79 Å². The molecule has 0 radical (unpaired) electrons. The third kappa shape index (κ3) is 2.24. The standard InChI is InChI=1S/C15H16N4O2/c16-14(20)13-11(10-4-2-1-3-5-10)8-18-6-7-19(15(17)21)9-12(13)18/h1-5,8H,6-7,9H2,(H2,16,20)(H2,17,21). The first kappa shape index (κ1) is 13.2. The second-order valence-corrected chi connectivity index (χ2v) is 5.05. The monoisotopic (exact) mass is 284 g/mol. The molecule has 0 atom stereocenters. The van der Waals surface area contributed by atoms with Crippen molar-refractivity contribution in [3.63, 3.8) is 0 Å². The number of aromatic nitrogens is 1. The predicted octanol–water partition coefficient (Wildman–Crippen LogP) is 1.15. The summed E-state index contributed by atoms with van der Waals surface area (Å²) in [5, 5.41) is 0. The molecule has 4 N–H and O–H groups in total. The van der Waals surface area contributed by atoms with Crippen LogP contribution in [0, 0.1) is 0 Å². The molecule has 1 aromatic carbocycles. The molecule has 3 rings (SSSR count). The summed E-state index contributed by atoms with van der Waals surface area (Å²) in [5.41, 5.74) is 13.8. The molecule has 1 aliphatic heterocycles. The number of fused-ring (bicyclic) bond motifs is 1. The summed E-state index contributed by atoms with van der Waals surface area (Å²) in [4.78, 5) is 24.7. The van der Waals surface area contributed by atoms with Gasteiger partial charge in [0.05, 0.1) is 17.8 Å². The molecular formula is C15H16N4O2. The van der Waals surface area contributed by atoms with E-state index in [4.69, 9.17) is 11.5 Å². The number of rotatable bonds is 2. The summed E-state index contributed by atoms with van der Waals surface area (Å²) in [6.07, 6.45) is 1.92. The van der Waals surface area contributed by atoms with Gasteiger partial charge in [-0.15, -0.1) is 0 Å². The lowest BCUT2D eigenvalue weighted by molar-refractivity contribution is 0.0997. The highest BCUT2D eigenvalue weighted by Crippen LogP contribution is 2.30. The third-order valence-corrected chi connectivity index (χ3v) is 3.78. The van der Waals surface area contributed by atoms with Crippen LogP contribution in [0.2, 0.25) is 0 Å². The highest BCUT2D eigenvalue weighted by Gasteiger charge is 2.27. The molecule has 0 unspecified atom stereocenters. The summed E-state index contributed by atoms with van der Waals surface area (Å²) in [6.45, 7) is 1.44. The van der Waals surface area contributed by atoms with Gasteiger partial charge in [-0.1, -0.05) is 30.3 Å². The van der Waals surface area contributed by atoms with Crippen molar-refractivity contribution < 1.29 is 9.59 Å². The molecule has 0 aliphatic carbocycles. The summed E-state index contributed by atoms with van der Waals surface area (Å²) in [5.74, 6) is -0.492. The second-order valence-electron chi connectivity index (χ2n) is 5.05. The zero-order valence-electron chi connectivity index (χ0n) is 11.5. The van der Waals surface area contributed by atoms with Crippen molar-refractivity contribution in [2.24, 2.45) is 11.5 Å². The quantitative estimate of drug-likeness (QED) is 0.865. The first-order valence-corrected chi connectivity index (χ1v) is 6.69. The van der Waals surface area contributed by atoms with Crippen LogP contribution in [-0.4, -0.2) is 28.0 Å². The lowest BCUT2D eigenvalue weighted by Gasteiger charge is -2.27. The fourth-order valence-electron chi connectivity index (χ4n) is 2.75. The number of amides is 3. The zero-order chi connectivity index (χ0) is 15.0. The minimum absolute atomic E-state index is 0.306. The largest absolute Gasteiger partial charge is 0.366 e. The van der Waals surface area contributed by atoms with E-state index in [0.717, 1.165) is 16.8 Å². The Morgan fingerprint density at radius 2 is 1.76 bits per heavy atom. The normalized spacial score (nSPS) is 13.8. The number of benzene rings is 1. The van der Waals surface area contributed by atoms with Crippen LogP contribution in [0.4, 0.5) is 4.79 Å². The SMILES string of the molecule is NC(=O)c1c(-c2ccccc2)cn2c1CN(C(N)=O)CC2. The molecule has 6 heteroatoms. The number of hydrogen-bond acceptors (Lipinski definition) is 2. The summed E-state index contributed by atoms with van der Waals surface area (Å²) in [6, 6.07) is 9.11. The van der Waals surface area contributed by atoms with Crippen LogP contribution in [0.3, 0.4) is 0 Å². The molecule has 21 heavy (non-hydrogen) atoms. The van der Waals surface area contributed by atoms with Gasteiger partial charge in [0.2, 0.25) is 0 Å². The Morgan fingerprint density at radius 3 is 2.38 bits per heavy atom. The van der Waals surface area contributed by atoms with E-state index in [1.54, 1.807) is 0 Å². The maximum atomic E-state index is 11.9. The van der Waals surface area contributed by atoms with Gasteiger partial charge in [-0.25, -0.2) is 4.79 Å². The van der Waals surface area contributed by atoms with Crippen molar-refractivity contribution in [1.82, 2.24) is 9.47 Å². The van der Waals surface area contributed by atoms with Gasteiger partial charge in [-0.2, -0.15) is 0 Å². The zero-order valence-corrected chi connectivity index (χ0v) is 11.5. The predicted molar refractivity (Wildman–Crippen MR) is 78.4 cm³/mol. The van der Waals surface area contributed by atoms with E-state index in [2.05, 4.69) is 0 Å². The van der Waals surface area contributed by atoms with Crippen LogP contribution in [0.1, 0.15) is 16.1 Å². The molecule has 3 amide bonds. The smallest absolute Gasteiger partial charge is 0.315 e. The van der Waals surface area contributed by atoms with Crippen molar-refractivity contribution in [2.75, 3.05) is 6.54 Å². The van der Waals surface area contributed by atoms with Crippen LogP contribution in [0.25, 0.3) is 11.1 Å². The Balaban J connectivity index is 2.12. The Labute approximate surface area is 121 Å². The van der Waals surface area contributed by atoms with Gasteiger partial charge in [-0.05, 0) is 5.56 Å². The van der Waals surface area contributed by atoms with E-state index in [-0.39, 0.29) is 0 Å². The average molecular weight is 284 g/mol. The average Bonchev–Trinajstić information content (AvgIpc) is 2.86. The van der Waals surface area contributed by atoms with E-state index in [1.165, 1.54) is 4.90 Å². The molecule has 2 heterocycles. The maximum absolute atomic E-state index is 11.9. The Morgan fingerprint density at radius 1 is 1.05 bits per heavy atom. The molecule has 6 nitrogen and oxygen atoms in total. The summed E-state index contributed by atoms with van der Waals surface area (Å²) >= 11 is 0. The fourth-order valence-corrected chi connectivity index (χ4v) is 2.75. The van der Waals surface area contributed by atoms with Gasteiger partial charge in [0, 0.05) is 24.8 Å². The fraction of sp³-hybridized carbons (Fsp3) is 0.200. The van der Waals surface area contributed by atoms with Gasteiger partial charge in [0.25, 0.3) is 5.91 Å². The van der Waals surface area contributed by atoms with E-state index in [1.807, 2.05) is 41.1 Å². The first-order valence-electron chi connectivity index (χ1n) is 6.69. The number of carbonyl (C=O) groups excluding carboxylic acids is 2. The van der Waals surface area contributed by atoms with Crippen LogP contribution >= 0.6 is 0 Å². The Hall–Kier alpha value is -2.76. The van der Waals surface area contributed by atoms with Crippen LogP contribution < -0.4 is 11.5 Å². The van der Waals surface area contributed by atoms with E-state index >= 15 is 0 Å². The molecule has 0 spiro atoms.